The summed E-state index contributed by atoms with van der Waals surface area (Å²) in [4.78, 5) is 12.3. The lowest BCUT2D eigenvalue weighted by Crippen LogP contribution is -2.09. The molecule has 0 N–H and O–H groups in total. The van der Waals surface area contributed by atoms with Gasteiger partial charge in [0, 0.05) is 0 Å². The third kappa shape index (κ3) is 6.38. The zero-order chi connectivity index (χ0) is 20.4. The summed E-state index contributed by atoms with van der Waals surface area (Å²) in [6.07, 6.45) is 11.3. The van der Waals surface area contributed by atoms with Crippen LogP contribution in [0.1, 0.15) is 39.7 Å². The molecule has 0 saturated carbocycles. The van der Waals surface area contributed by atoms with Crippen molar-refractivity contribution in [2.75, 3.05) is 0 Å². The standard InChI is InChI=1S/C26H30O2/c1-5-8-10-24(9-6-2)26(27)28-25-17-15-23(16-18-25)22-13-11-21(12-14-22)19-20(4)7-3/h5-6,8-18,20H,7,19H2,1-4H3/b8-5+,9-6-,24-10+. The third-order valence-electron chi connectivity index (χ3n) is 4.68. The number of carbonyl (C=O) groups is 1. The van der Waals surface area contributed by atoms with E-state index in [9.17, 15) is 4.79 Å². The normalized spacial score (nSPS) is 13.2. The molecule has 2 nitrogen and oxygen atoms in total. The summed E-state index contributed by atoms with van der Waals surface area (Å²) < 4.78 is 5.50. The molecule has 0 spiro atoms. The van der Waals surface area contributed by atoms with Crippen LogP contribution in [0.3, 0.4) is 0 Å². The van der Waals surface area contributed by atoms with Gasteiger partial charge in [-0.25, -0.2) is 4.79 Å². The second-order valence-corrected chi connectivity index (χ2v) is 6.98. The van der Waals surface area contributed by atoms with Crippen LogP contribution >= 0.6 is 0 Å². The number of hydrogen-bond acceptors (Lipinski definition) is 2. The molecule has 2 heteroatoms. The minimum absolute atomic E-state index is 0.363. The van der Waals surface area contributed by atoms with E-state index < -0.39 is 0 Å². The number of rotatable bonds is 8. The van der Waals surface area contributed by atoms with Gasteiger partial charge in [0.25, 0.3) is 0 Å². The highest BCUT2D eigenvalue weighted by Gasteiger charge is 2.09. The first-order valence-corrected chi connectivity index (χ1v) is 9.94. The first-order chi connectivity index (χ1) is 13.6. The van der Waals surface area contributed by atoms with Gasteiger partial charge >= 0.3 is 5.97 Å². The molecule has 28 heavy (non-hydrogen) atoms. The Labute approximate surface area is 169 Å². The Morgan fingerprint density at radius 1 is 0.964 bits per heavy atom. The molecule has 0 heterocycles. The topological polar surface area (TPSA) is 26.3 Å². The summed E-state index contributed by atoms with van der Waals surface area (Å²) in [6.45, 7) is 8.29. The molecule has 0 aliphatic rings. The summed E-state index contributed by atoms with van der Waals surface area (Å²) in [5.41, 5.74) is 4.15. The van der Waals surface area contributed by atoms with Crippen molar-refractivity contribution in [3.8, 4) is 16.9 Å². The molecule has 0 saturated heterocycles. The molecule has 0 aliphatic carbocycles. The van der Waals surface area contributed by atoms with E-state index in [-0.39, 0.29) is 5.97 Å². The van der Waals surface area contributed by atoms with Crippen molar-refractivity contribution in [3.63, 3.8) is 0 Å². The summed E-state index contributed by atoms with van der Waals surface area (Å²) in [7, 11) is 0. The van der Waals surface area contributed by atoms with Crippen molar-refractivity contribution in [3.05, 3.63) is 90.0 Å². The smallest absolute Gasteiger partial charge is 0.343 e. The number of ether oxygens (including phenoxy) is 1. The zero-order valence-corrected chi connectivity index (χ0v) is 17.3. The molecule has 0 aliphatic heterocycles. The van der Waals surface area contributed by atoms with Crippen LogP contribution in [0.2, 0.25) is 0 Å². The first kappa shape index (κ1) is 21.4. The second-order valence-electron chi connectivity index (χ2n) is 6.98. The lowest BCUT2D eigenvalue weighted by atomic mass is 9.97. The number of allylic oxidation sites excluding steroid dienone is 4. The fourth-order valence-corrected chi connectivity index (χ4v) is 2.83. The van der Waals surface area contributed by atoms with Crippen LogP contribution in [0, 0.1) is 5.92 Å². The lowest BCUT2D eigenvalue weighted by molar-refractivity contribution is -0.129. The fraction of sp³-hybridized carbons (Fsp3) is 0.269. The number of hydrogen-bond donors (Lipinski definition) is 0. The monoisotopic (exact) mass is 374 g/mol. The van der Waals surface area contributed by atoms with Gasteiger partial charge < -0.3 is 4.74 Å². The maximum Gasteiger partial charge on any atom is 0.343 e. The molecular formula is C26H30O2. The van der Waals surface area contributed by atoms with E-state index in [0.29, 0.717) is 17.2 Å². The Hall–Kier alpha value is -2.87. The van der Waals surface area contributed by atoms with Crippen molar-refractivity contribution < 1.29 is 9.53 Å². The van der Waals surface area contributed by atoms with E-state index in [4.69, 9.17) is 4.74 Å². The molecule has 2 aromatic rings. The molecular weight excluding hydrogens is 344 g/mol. The van der Waals surface area contributed by atoms with Crippen molar-refractivity contribution in [1.29, 1.82) is 0 Å². The van der Waals surface area contributed by atoms with E-state index in [2.05, 4.69) is 38.1 Å². The van der Waals surface area contributed by atoms with Crippen LogP contribution in [0.4, 0.5) is 0 Å². The zero-order valence-electron chi connectivity index (χ0n) is 17.3. The third-order valence-corrected chi connectivity index (χ3v) is 4.68. The Morgan fingerprint density at radius 2 is 1.57 bits per heavy atom. The van der Waals surface area contributed by atoms with Gasteiger partial charge in [-0.05, 0) is 61.1 Å². The minimum Gasteiger partial charge on any atom is -0.423 e. The van der Waals surface area contributed by atoms with Gasteiger partial charge in [-0.1, -0.05) is 81.0 Å². The number of carbonyl (C=O) groups excluding carboxylic acids is 1. The van der Waals surface area contributed by atoms with Gasteiger partial charge in [0.15, 0.2) is 0 Å². The molecule has 2 aromatic carbocycles. The van der Waals surface area contributed by atoms with Gasteiger partial charge in [-0.15, -0.1) is 0 Å². The van der Waals surface area contributed by atoms with E-state index >= 15 is 0 Å². The molecule has 0 bridgehead atoms. The SMILES string of the molecule is C\C=C/C(=C\C=C\C)C(=O)Oc1ccc(-c2ccc(CC(C)CC)cc2)cc1. The second kappa shape index (κ2) is 11.1. The molecule has 0 radical (unpaired) electrons. The van der Waals surface area contributed by atoms with E-state index in [1.165, 1.54) is 12.0 Å². The highest BCUT2D eigenvalue weighted by molar-refractivity contribution is 5.93. The van der Waals surface area contributed by atoms with Gasteiger partial charge in [0.1, 0.15) is 5.75 Å². The van der Waals surface area contributed by atoms with Crippen molar-refractivity contribution in [2.24, 2.45) is 5.92 Å². The first-order valence-electron chi connectivity index (χ1n) is 9.94. The average molecular weight is 375 g/mol. The Kier molecular flexibility index (Phi) is 8.48. The molecule has 1 unspecified atom stereocenters. The van der Waals surface area contributed by atoms with Gasteiger partial charge in [-0.2, -0.15) is 0 Å². The molecule has 0 amide bonds. The van der Waals surface area contributed by atoms with Crippen molar-refractivity contribution in [1.82, 2.24) is 0 Å². The highest BCUT2D eigenvalue weighted by atomic mass is 16.5. The van der Waals surface area contributed by atoms with E-state index in [0.717, 1.165) is 17.5 Å². The highest BCUT2D eigenvalue weighted by Crippen LogP contribution is 2.24. The fourth-order valence-electron chi connectivity index (χ4n) is 2.83. The number of benzene rings is 2. The largest absolute Gasteiger partial charge is 0.423 e. The molecule has 2 rings (SSSR count). The maximum atomic E-state index is 12.3. The Balaban J connectivity index is 2.07. The van der Waals surface area contributed by atoms with E-state index in [1.807, 2.05) is 56.3 Å². The molecule has 146 valence electrons. The Morgan fingerprint density at radius 3 is 2.11 bits per heavy atom. The van der Waals surface area contributed by atoms with Crippen molar-refractivity contribution >= 4 is 5.97 Å². The van der Waals surface area contributed by atoms with Crippen molar-refractivity contribution in [2.45, 2.75) is 40.5 Å². The number of esters is 1. The van der Waals surface area contributed by atoms with Gasteiger partial charge in [0.05, 0.1) is 5.57 Å². The van der Waals surface area contributed by atoms with Crippen LogP contribution in [-0.4, -0.2) is 5.97 Å². The van der Waals surface area contributed by atoms with Crippen LogP contribution in [-0.2, 0) is 11.2 Å². The van der Waals surface area contributed by atoms with Gasteiger partial charge in [-0.3, -0.25) is 0 Å². The maximum absolute atomic E-state index is 12.3. The van der Waals surface area contributed by atoms with Crippen LogP contribution in [0.15, 0.2) is 84.5 Å². The Bertz CT molecular complexity index is 837. The quantitative estimate of drug-likeness (QED) is 0.217. The minimum atomic E-state index is -0.363. The molecule has 0 aromatic heterocycles. The predicted octanol–water partition coefficient (Wildman–Crippen LogP) is 6.93. The summed E-state index contributed by atoms with van der Waals surface area (Å²) in [5, 5.41) is 0. The average Bonchev–Trinajstić information content (AvgIpc) is 2.72. The molecule has 1 atom stereocenters. The predicted molar refractivity (Wildman–Crippen MR) is 118 cm³/mol. The van der Waals surface area contributed by atoms with Gasteiger partial charge in [0.2, 0.25) is 0 Å². The summed E-state index contributed by atoms with van der Waals surface area (Å²) in [5.74, 6) is 0.880. The summed E-state index contributed by atoms with van der Waals surface area (Å²) in [6, 6.07) is 16.3. The van der Waals surface area contributed by atoms with Crippen LogP contribution < -0.4 is 4.74 Å². The van der Waals surface area contributed by atoms with E-state index in [1.54, 1.807) is 12.2 Å². The summed E-state index contributed by atoms with van der Waals surface area (Å²) >= 11 is 0. The molecule has 0 fully saturated rings. The lowest BCUT2D eigenvalue weighted by Gasteiger charge is -2.10. The van der Waals surface area contributed by atoms with Crippen LogP contribution in [0.5, 0.6) is 5.75 Å². The van der Waals surface area contributed by atoms with Crippen LogP contribution in [0.25, 0.3) is 11.1 Å².